The number of allylic oxidation sites excluding steroid dienone is 2. The Morgan fingerprint density at radius 2 is 1.29 bits per heavy atom. The number of nitriles is 1. The Bertz CT molecular complexity index is 255. The van der Waals surface area contributed by atoms with Crippen molar-refractivity contribution in [1.82, 2.24) is 0 Å². The first-order chi connectivity index (χ1) is 10.4. The van der Waals surface area contributed by atoms with Crippen LogP contribution in [0.1, 0.15) is 90.4 Å². The van der Waals surface area contributed by atoms with Crippen LogP contribution >= 0.6 is 0 Å². The van der Waals surface area contributed by atoms with Gasteiger partial charge in [0.1, 0.15) is 0 Å². The maximum Gasteiger partial charge on any atom is 0.0645 e. The molecule has 0 spiro atoms. The monoisotopic (exact) mass is 293 g/mol. The van der Waals surface area contributed by atoms with Crippen molar-refractivity contribution < 1.29 is 4.74 Å². The van der Waals surface area contributed by atoms with E-state index in [0.717, 1.165) is 13.0 Å². The Morgan fingerprint density at radius 1 is 0.762 bits per heavy atom. The molecular formula is C19H35NO. The van der Waals surface area contributed by atoms with E-state index in [9.17, 15) is 0 Å². The molecule has 0 atom stereocenters. The van der Waals surface area contributed by atoms with E-state index >= 15 is 0 Å². The Balaban J connectivity index is 2.95. The van der Waals surface area contributed by atoms with Gasteiger partial charge in [0, 0.05) is 6.61 Å². The molecule has 122 valence electrons. The third-order valence-electron chi connectivity index (χ3n) is 3.75. The summed E-state index contributed by atoms with van der Waals surface area (Å²) in [6.45, 7) is 3.53. The zero-order valence-corrected chi connectivity index (χ0v) is 14.1. The fourth-order valence-electron chi connectivity index (χ4n) is 2.44. The molecule has 0 aromatic carbocycles. The second-order valence-electron chi connectivity index (χ2n) is 5.77. The highest BCUT2D eigenvalue weighted by Crippen LogP contribution is 2.12. The highest BCUT2D eigenvalue weighted by atomic mass is 16.5. The maximum absolute atomic E-state index is 8.36. The Kier molecular flexibility index (Phi) is 18.4. The van der Waals surface area contributed by atoms with Crippen molar-refractivity contribution in [2.24, 2.45) is 0 Å². The topological polar surface area (TPSA) is 33.0 Å². The molecule has 0 unspecified atom stereocenters. The van der Waals surface area contributed by atoms with Crippen LogP contribution in [-0.2, 0) is 4.74 Å². The third-order valence-corrected chi connectivity index (χ3v) is 3.75. The largest absolute Gasteiger partial charge is 0.380 e. The number of unbranched alkanes of at least 4 members (excludes halogenated alkanes) is 11. The standard InChI is InChI=1S/C19H35NO/c1-2-3-4-5-6-7-8-9-10-11-12-13-14-15-18-21-19-16-17-20/h2-3H,4-16,18-19H2,1H3/b3-2+. The van der Waals surface area contributed by atoms with Crippen molar-refractivity contribution in [1.29, 1.82) is 5.26 Å². The summed E-state index contributed by atoms with van der Waals surface area (Å²) < 4.78 is 5.35. The van der Waals surface area contributed by atoms with Crippen molar-refractivity contribution in [2.45, 2.75) is 90.4 Å². The molecule has 2 nitrogen and oxygen atoms in total. The van der Waals surface area contributed by atoms with Gasteiger partial charge in [-0.25, -0.2) is 0 Å². The van der Waals surface area contributed by atoms with Gasteiger partial charge in [0.25, 0.3) is 0 Å². The first-order valence-corrected chi connectivity index (χ1v) is 8.97. The van der Waals surface area contributed by atoms with Crippen LogP contribution in [0.4, 0.5) is 0 Å². The third kappa shape index (κ3) is 19.2. The van der Waals surface area contributed by atoms with Crippen molar-refractivity contribution in [3.8, 4) is 6.07 Å². The van der Waals surface area contributed by atoms with E-state index in [1.807, 2.05) is 0 Å². The predicted molar refractivity (Wildman–Crippen MR) is 91.3 cm³/mol. The van der Waals surface area contributed by atoms with Gasteiger partial charge in [-0.2, -0.15) is 5.26 Å². The van der Waals surface area contributed by atoms with E-state index in [4.69, 9.17) is 10.00 Å². The number of hydrogen-bond donors (Lipinski definition) is 0. The molecule has 0 aromatic rings. The smallest absolute Gasteiger partial charge is 0.0645 e. The van der Waals surface area contributed by atoms with E-state index in [1.165, 1.54) is 70.6 Å². The van der Waals surface area contributed by atoms with E-state index in [1.54, 1.807) is 0 Å². The average Bonchev–Trinajstić information content (AvgIpc) is 2.50. The molecule has 21 heavy (non-hydrogen) atoms. The van der Waals surface area contributed by atoms with Crippen molar-refractivity contribution >= 4 is 0 Å². The van der Waals surface area contributed by atoms with E-state index < -0.39 is 0 Å². The molecule has 0 aliphatic carbocycles. The Hall–Kier alpha value is -0.810. The molecule has 0 saturated heterocycles. The lowest BCUT2D eigenvalue weighted by Gasteiger charge is -2.03. The molecule has 0 N–H and O–H groups in total. The highest BCUT2D eigenvalue weighted by molar-refractivity contribution is 4.76. The normalized spacial score (nSPS) is 11.0. The molecular weight excluding hydrogens is 258 g/mol. The fourth-order valence-corrected chi connectivity index (χ4v) is 2.44. The minimum Gasteiger partial charge on any atom is -0.380 e. The zero-order valence-electron chi connectivity index (χ0n) is 14.1. The SMILES string of the molecule is C/C=C/CCCCCCCCCCCCCOCCC#N. The maximum atomic E-state index is 8.36. The minimum atomic E-state index is 0.523. The average molecular weight is 293 g/mol. The van der Waals surface area contributed by atoms with Gasteiger partial charge in [-0.05, 0) is 26.2 Å². The number of nitrogens with zero attached hydrogens (tertiary/aromatic N) is 1. The summed E-state index contributed by atoms with van der Waals surface area (Å²) >= 11 is 0. The van der Waals surface area contributed by atoms with Crippen LogP contribution < -0.4 is 0 Å². The molecule has 0 radical (unpaired) electrons. The molecule has 0 heterocycles. The summed E-state index contributed by atoms with van der Waals surface area (Å²) in [7, 11) is 0. The molecule has 0 rings (SSSR count). The molecule has 0 saturated carbocycles. The van der Waals surface area contributed by atoms with Crippen LogP contribution in [-0.4, -0.2) is 13.2 Å². The Morgan fingerprint density at radius 3 is 1.81 bits per heavy atom. The first kappa shape index (κ1) is 20.2. The van der Waals surface area contributed by atoms with Crippen molar-refractivity contribution in [3.05, 3.63) is 12.2 Å². The molecule has 0 aromatic heterocycles. The van der Waals surface area contributed by atoms with Gasteiger partial charge in [-0.3, -0.25) is 0 Å². The summed E-state index contributed by atoms with van der Waals surface area (Å²) in [6.07, 6.45) is 21.2. The molecule has 0 aliphatic heterocycles. The number of ether oxygens (including phenoxy) is 1. The first-order valence-electron chi connectivity index (χ1n) is 8.97. The zero-order chi connectivity index (χ0) is 15.4. The number of hydrogen-bond acceptors (Lipinski definition) is 2. The van der Waals surface area contributed by atoms with Crippen LogP contribution in [0.2, 0.25) is 0 Å². The van der Waals surface area contributed by atoms with E-state index in [2.05, 4.69) is 25.1 Å². The minimum absolute atomic E-state index is 0.523. The summed E-state index contributed by atoms with van der Waals surface area (Å²) in [6, 6.07) is 2.09. The van der Waals surface area contributed by atoms with Gasteiger partial charge in [-0.1, -0.05) is 69.9 Å². The van der Waals surface area contributed by atoms with Crippen LogP contribution in [0, 0.1) is 11.3 Å². The Labute approximate surface area is 132 Å². The van der Waals surface area contributed by atoms with Crippen molar-refractivity contribution in [3.63, 3.8) is 0 Å². The lowest BCUT2D eigenvalue weighted by atomic mass is 10.1. The van der Waals surface area contributed by atoms with Crippen LogP contribution in [0.15, 0.2) is 12.2 Å². The lowest BCUT2D eigenvalue weighted by Crippen LogP contribution is -1.95. The van der Waals surface area contributed by atoms with Gasteiger partial charge in [0.05, 0.1) is 19.1 Å². The fraction of sp³-hybridized carbons (Fsp3) is 0.842. The van der Waals surface area contributed by atoms with Gasteiger partial charge in [0.15, 0.2) is 0 Å². The molecule has 0 aliphatic rings. The molecule has 2 heteroatoms. The number of rotatable bonds is 16. The lowest BCUT2D eigenvalue weighted by molar-refractivity contribution is 0.135. The van der Waals surface area contributed by atoms with E-state index in [0.29, 0.717) is 13.0 Å². The van der Waals surface area contributed by atoms with Crippen LogP contribution in [0.3, 0.4) is 0 Å². The van der Waals surface area contributed by atoms with Crippen LogP contribution in [0.25, 0.3) is 0 Å². The van der Waals surface area contributed by atoms with E-state index in [-0.39, 0.29) is 0 Å². The molecule has 0 amide bonds. The molecule has 0 fully saturated rings. The molecule has 0 bridgehead atoms. The van der Waals surface area contributed by atoms with Gasteiger partial charge in [-0.15, -0.1) is 0 Å². The summed E-state index contributed by atoms with van der Waals surface area (Å²) in [5.74, 6) is 0. The van der Waals surface area contributed by atoms with Gasteiger partial charge in [0.2, 0.25) is 0 Å². The highest BCUT2D eigenvalue weighted by Gasteiger charge is 1.94. The summed E-state index contributed by atoms with van der Waals surface area (Å²) in [5, 5.41) is 8.36. The quantitative estimate of drug-likeness (QED) is 0.252. The van der Waals surface area contributed by atoms with Gasteiger partial charge < -0.3 is 4.74 Å². The predicted octanol–water partition coefficient (Wildman–Crippen LogP) is 6.17. The van der Waals surface area contributed by atoms with Gasteiger partial charge >= 0.3 is 0 Å². The second-order valence-corrected chi connectivity index (χ2v) is 5.77. The van der Waals surface area contributed by atoms with Crippen molar-refractivity contribution in [2.75, 3.05) is 13.2 Å². The summed E-state index contributed by atoms with van der Waals surface area (Å²) in [5.41, 5.74) is 0. The second kappa shape index (κ2) is 19.2. The summed E-state index contributed by atoms with van der Waals surface area (Å²) in [4.78, 5) is 0. The van der Waals surface area contributed by atoms with Crippen LogP contribution in [0.5, 0.6) is 0 Å².